The minimum atomic E-state index is -0.324. The maximum absolute atomic E-state index is 11.3. The fourth-order valence-corrected chi connectivity index (χ4v) is 2.30. The van der Waals surface area contributed by atoms with E-state index in [2.05, 4.69) is 11.1 Å². The minimum Gasteiger partial charge on any atom is -0.463 e. The standard InChI is InChI=1S/C18H16N2O2/c1-2-22-18(21)11-8-14-6-9-15(10-7-14)17-5-3-4-16-12-19-13-20(16)17/h3-13H,2H2,1H3/b11-8+. The topological polar surface area (TPSA) is 43.6 Å². The molecule has 0 radical (unpaired) electrons. The maximum atomic E-state index is 11.3. The summed E-state index contributed by atoms with van der Waals surface area (Å²) < 4.78 is 6.91. The van der Waals surface area contributed by atoms with E-state index in [0.29, 0.717) is 6.61 Å². The second-order valence-corrected chi connectivity index (χ2v) is 4.81. The van der Waals surface area contributed by atoms with Crippen molar-refractivity contribution in [2.75, 3.05) is 6.61 Å². The average Bonchev–Trinajstić information content (AvgIpc) is 3.02. The molecule has 110 valence electrons. The Bertz CT molecular complexity index is 816. The summed E-state index contributed by atoms with van der Waals surface area (Å²) in [5, 5.41) is 0. The molecule has 0 fully saturated rings. The van der Waals surface area contributed by atoms with Gasteiger partial charge in [0.05, 0.1) is 30.3 Å². The molecular weight excluding hydrogens is 276 g/mol. The van der Waals surface area contributed by atoms with E-state index in [0.717, 1.165) is 22.3 Å². The Kier molecular flexibility index (Phi) is 4.01. The van der Waals surface area contributed by atoms with Crippen LogP contribution in [0, 0.1) is 0 Å². The highest BCUT2D eigenvalue weighted by atomic mass is 16.5. The summed E-state index contributed by atoms with van der Waals surface area (Å²) in [6.07, 6.45) is 6.83. The first kappa shape index (κ1) is 14.1. The van der Waals surface area contributed by atoms with Crippen molar-refractivity contribution >= 4 is 17.6 Å². The first-order chi connectivity index (χ1) is 10.8. The third-order valence-corrected chi connectivity index (χ3v) is 3.35. The monoisotopic (exact) mass is 292 g/mol. The van der Waals surface area contributed by atoms with E-state index in [4.69, 9.17) is 4.74 Å². The van der Waals surface area contributed by atoms with Gasteiger partial charge in [-0.25, -0.2) is 9.78 Å². The lowest BCUT2D eigenvalue weighted by molar-refractivity contribution is -0.137. The molecular formula is C18H16N2O2. The highest BCUT2D eigenvalue weighted by Gasteiger charge is 2.03. The summed E-state index contributed by atoms with van der Waals surface area (Å²) >= 11 is 0. The van der Waals surface area contributed by atoms with E-state index >= 15 is 0 Å². The molecule has 0 spiro atoms. The number of ether oxygens (including phenoxy) is 1. The van der Waals surface area contributed by atoms with Crippen LogP contribution in [0.1, 0.15) is 12.5 Å². The van der Waals surface area contributed by atoms with Crippen molar-refractivity contribution in [3.8, 4) is 11.3 Å². The summed E-state index contributed by atoms with van der Waals surface area (Å²) in [5.41, 5.74) is 4.19. The Hall–Kier alpha value is -2.88. The molecule has 0 unspecified atom stereocenters. The van der Waals surface area contributed by atoms with Crippen LogP contribution in [0.5, 0.6) is 0 Å². The van der Waals surface area contributed by atoms with Gasteiger partial charge in [0.25, 0.3) is 0 Å². The first-order valence-electron chi connectivity index (χ1n) is 7.14. The van der Waals surface area contributed by atoms with Gasteiger partial charge in [0.15, 0.2) is 0 Å². The summed E-state index contributed by atoms with van der Waals surface area (Å²) in [6, 6.07) is 14.1. The van der Waals surface area contributed by atoms with E-state index in [9.17, 15) is 4.79 Å². The number of pyridine rings is 1. The molecule has 22 heavy (non-hydrogen) atoms. The van der Waals surface area contributed by atoms with Gasteiger partial charge in [-0.15, -0.1) is 0 Å². The van der Waals surface area contributed by atoms with E-state index in [1.165, 1.54) is 6.08 Å². The van der Waals surface area contributed by atoms with E-state index < -0.39 is 0 Å². The second-order valence-electron chi connectivity index (χ2n) is 4.81. The molecule has 0 aliphatic rings. The van der Waals surface area contributed by atoms with Crippen molar-refractivity contribution < 1.29 is 9.53 Å². The van der Waals surface area contributed by atoms with Gasteiger partial charge in [-0.3, -0.25) is 4.40 Å². The number of imidazole rings is 1. The van der Waals surface area contributed by atoms with Gasteiger partial charge >= 0.3 is 5.97 Å². The number of carbonyl (C=O) groups excluding carboxylic acids is 1. The van der Waals surface area contributed by atoms with Gasteiger partial charge in [-0.2, -0.15) is 0 Å². The van der Waals surface area contributed by atoms with Crippen LogP contribution in [0.3, 0.4) is 0 Å². The number of nitrogens with zero attached hydrogens (tertiary/aromatic N) is 2. The zero-order valence-electron chi connectivity index (χ0n) is 12.3. The summed E-state index contributed by atoms with van der Waals surface area (Å²) in [7, 11) is 0. The van der Waals surface area contributed by atoms with Gasteiger partial charge in [0.1, 0.15) is 0 Å². The Morgan fingerprint density at radius 1 is 1.23 bits per heavy atom. The molecule has 0 N–H and O–H groups in total. The zero-order valence-corrected chi connectivity index (χ0v) is 12.3. The molecule has 4 nitrogen and oxygen atoms in total. The summed E-state index contributed by atoms with van der Waals surface area (Å²) in [5.74, 6) is -0.324. The smallest absolute Gasteiger partial charge is 0.330 e. The highest BCUT2D eigenvalue weighted by Crippen LogP contribution is 2.21. The van der Waals surface area contributed by atoms with Crippen LogP contribution >= 0.6 is 0 Å². The predicted octanol–water partition coefficient (Wildman–Crippen LogP) is 3.58. The number of hydrogen-bond donors (Lipinski definition) is 0. The number of benzene rings is 1. The van der Waals surface area contributed by atoms with Crippen LogP contribution < -0.4 is 0 Å². The van der Waals surface area contributed by atoms with Crippen molar-refractivity contribution in [2.45, 2.75) is 6.92 Å². The van der Waals surface area contributed by atoms with E-state index in [1.807, 2.05) is 47.0 Å². The Balaban J connectivity index is 1.85. The molecule has 3 aromatic rings. The Morgan fingerprint density at radius 2 is 2.05 bits per heavy atom. The zero-order chi connectivity index (χ0) is 15.4. The minimum absolute atomic E-state index is 0.324. The van der Waals surface area contributed by atoms with E-state index in [-0.39, 0.29) is 5.97 Å². The quantitative estimate of drug-likeness (QED) is 0.545. The van der Waals surface area contributed by atoms with Crippen LogP contribution in [0.25, 0.3) is 22.9 Å². The molecule has 2 heterocycles. The molecule has 0 saturated heterocycles. The molecule has 0 bridgehead atoms. The van der Waals surface area contributed by atoms with Crippen molar-refractivity contribution in [3.05, 3.63) is 66.6 Å². The van der Waals surface area contributed by atoms with Crippen molar-refractivity contribution in [1.29, 1.82) is 0 Å². The van der Waals surface area contributed by atoms with Crippen molar-refractivity contribution in [3.63, 3.8) is 0 Å². The van der Waals surface area contributed by atoms with Crippen molar-refractivity contribution in [1.82, 2.24) is 9.38 Å². The van der Waals surface area contributed by atoms with Crippen molar-refractivity contribution in [2.24, 2.45) is 0 Å². The molecule has 0 amide bonds. The molecule has 4 heteroatoms. The van der Waals surface area contributed by atoms with Crippen LogP contribution in [0.2, 0.25) is 0 Å². The van der Waals surface area contributed by atoms with Crippen LogP contribution in [0.4, 0.5) is 0 Å². The molecule has 0 aliphatic heterocycles. The van der Waals surface area contributed by atoms with Crippen LogP contribution in [-0.4, -0.2) is 22.0 Å². The number of aromatic nitrogens is 2. The van der Waals surface area contributed by atoms with Gasteiger partial charge in [0.2, 0.25) is 0 Å². The number of fused-ring (bicyclic) bond motifs is 1. The Morgan fingerprint density at radius 3 is 2.82 bits per heavy atom. The largest absolute Gasteiger partial charge is 0.463 e. The molecule has 0 saturated carbocycles. The predicted molar refractivity (Wildman–Crippen MR) is 86.3 cm³/mol. The third-order valence-electron chi connectivity index (χ3n) is 3.35. The fourth-order valence-electron chi connectivity index (χ4n) is 2.30. The lowest BCUT2D eigenvalue weighted by Gasteiger charge is -2.06. The van der Waals surface area contributed by atoms with Gasteiger partial charge < -0.3 is 4.74 Å². The lowest BCUT2D eigenvalue weighted by atomic mass is 10.1. The fraction of sp³-hybridized carbons (Fsp3) is 0.111. The molecule has 3 rings (SSSR count). The maximum Gasteiger partial charge on any atom is 0.330 e. The second kappa shape index (κ2) is 6.26. The number of esters is 1. The normalized spacial score (nSPS) is 11.1. The first-order valence-corrected chi connectivity index (χ1v) is 7.14. The molecule has 0 atom stereocenters. The lowest BCUT2D eigenvalue weighted by Crippen LogP contribution is -1.98. The molecule has 2 aromatic heterocycles. The van der Waals surface area contributed by atoms with E-state index in [1.54, 1.807) is 19.3 Å². The summed E-state index contributed by atoms with van der Waals surface area (Å²) in [6.45, 7) is 2.17. The van der Waals surface area contributed by atoms with Gasteiger partial charge in [-0.05, 0) is 36.3 Å². The summed E-state index contributed by atoms with van der Waals surface area (Å²) in [4.78, 5) is 15.5. The number of rotatable bonds is 4. The van der Waals surface area contributed by atoms with Crippen LogP contribution in [0.15, 0.2) is 61.1 Å². The number of hydrogen-bond acceptors (Lipinski definition) is 3. The van der Waals surface area contributed by atoms with Gasteiger partial charge in [0, 0.05) is 6.08 Å². The highest BCUT2D eigenvalue weighted by molar-refractivity contribution is 5.87. The average molecular weight is 292 g/mol. The third kappa shape index (κ3) is 2.91. The van der Waals surface area contributed by atoms with Gasteiger partial charge in [-0.1, -0.05) is 30.3 Å². The molecule has 0 aliphatic carbocycles. The SMILES string of the molecule is CCOC(=O)/C=C/c1ccc(-c2cccc3cncn23)cc1. The van der Waals surface area contributed by atoms with Crippen LogP contribution in [-0.2, 0) is 9.53 Å². The molecule has 1 aromatic carbocycles. The number of carbonyl (C=O) groups is 1. The Labute approximate surface area is 128 Å².